The highest BCUT2D eigenvalue weighted by atomic mass is 32.1. The van der Waals surface area contributed by atoms with E-state index in [-0.39, 0.29) is 12.4 Å². The number of primary amides is 1. The zero-order valence-electron chi connectivity index (χ0n) is 17.0. The molecule has 1 amide bonds. The zero-order chi connectivity index (χ0) is 22.0. The number of thiazole rings is 1. The van der Waals surface area contributed by atoms with Crippen molar-refractivity contribution in [3.8, 4) is 5.75 Å². The van der Waals surface area contributed by atoms with Crippen molar-refractivity contribution in [2.24, 2.45) is 5.73 Å². The summed E-state index contributed by atoms with van der Waals surface area (Å²) in [6, 6.07) is 3.93. The Bertz CT molecular complexity index is 974. The lowest BCUT2D eigenvalue weighted by Crippen LogP contribution is -2.16. The molecule has 5 nitrogen and oxygen atoms in total. The van der Waals surface area contributed by atoms with E-state index in [1.54, 1.807) is 12.3 Å². The summed E-state index contributed by atoms with van der Waals surface area (Å²) in [7, 11) is 0. The zero-order valence-corrected chi connectivity index (χ0v) is 17.8. The first kappa shape index (κ1) is 24.2. The molecular formula is C21H25F2N3O2S. The van der Waals surface area contributed by atoms with Crippen molar-refractivity contribution in [2.75, 3.05) is 0 Å². The highest BCUT2D eigenvalue weighted by molar-refractivity contribution is 7.18. The van der Waals surface area contributed by atoms with Crippen molar-refractivity contribution in [3.63, 3.8) is 0 Å². The van der Waals surface area contributed by atoms with E-state index in [2.05, 4.69) is 16.5 Å². The molecule has 0 fully saturated rings. The largest absolute Gasteiger partial charge is 0.483 e. The lowest BCUT2D eigenvalue weighted by molar-refractivity contribution is 0.0991. The Labute approximate surface area is 173 Å². The SMILES string of the molecule is C=CCc1cnc2sc(COc3ccc(F)c(C(N)=O)c3F)nc2c1.CC.CC. The number of allylic oxidation sites excluding steroid dienone is 1. The van der Waals surface area contributed by atoms with Crippen molar-refractivity contribution in [1.29, 1.82) is 0 Å². The first-order valence-corrected chi connectivity index (χ1v) is 10.1. The highest BCUT2D eigenvalue weighted by Crippen LogP contribution is 2.26. The van der Waals surface area contributed by atoms with Crippen molar-refractivity contribution < 1.29 is 18.3 Å². The lowest BCUT2D eigenvalue weighted by atomic mass is 10.2. The summed E-state index contributed by atoms with van der Waals surface area (Å²) in [5.41, 5.74) is 5.85. The number of pyridine rings is 1. The maximum Gasteiger partial charge on any atom is 0.254 e. The van der Waals surface area contributed by atoms with E-state index < -0.39 is 23.1 Å². The van der Waals surface area contributed by atoms with Crippen LogP contribution in [0.15, 0.2) is 37.1 Å². The molecule has 0 saturated heterocycles. The van der Waals surface area contributed by atoms with E-state index in [9.17, 15) is 13.6 Å². The van der Waals surface area contributed by atoms with Crippen LogP contribution in [0.1, 0.15) is 48.6 Å². The molecule has 156 valence electrons. The van der Waals surface area contributed by atoms with E-state index in [4.69, 9.17) is 10.5 Å². The number of rotatable bonds is 6. The number of carbonyl (C=O) groups excluding carboxylic acids is 1. The van der Waals surface area contributed by atoms with Crippen LogP contribution in [-0.2, 0) is 13.0 Å². The van der Waals surface area contributed by atoms with E-state index in [0.29, 0.717) is 16.9 Å². The smallest absolute Gasteiger partial charge is 0.254 e. The Balaban J connectivity index is 0.000000989. The Morgan fingerprint density at radius 2 is 1.97 bits per heavy atom. The van der Waals surface area contributed by atoms with Crippen molar-refractivity contribution in [2.45, 2.75) is 40.7 Å². The number of aromatic nitrogens is 2. The molecule has 0 spiro atoms. The Kier molecular flexibility index (Phi) is 9.88. The number of fused-ring (bicyclic) bond motifs is 1. The van der Waals surface area contributed by atoms with Gasteiger partial charge in [-0.15, -0.1) is 6.58 Å². The topological polar surface area (TPSA) is 78.1 Å². The van der Waals surface area contributed by atoms with E-state index in [1.165, 1.54) is 11.3 Å². The maximum atomic E-state index is 14.1. The Hall–Kier alpha value is -2.87. The molecule has 3 aromatic rings. The number of nitrogens with zero attached hydrogens (tertiary/aromatic N) is 2. The molecule has 3 rings (SSSR count). The summed E-state index contributed by atoms with van der Waals surface area (Å²) >= 11 is 1.30. The standard InChI is InChI=1S/C17H13F2N3O2S.2C2H6/c1-2-3-9-6-11-17(21-7-9)25-13(22-11)8-24-12-5-4-10(18)14(15(12)19)16(20)23;2*1-2/h2,4-7H,1,3,8H2,(H2,20,23);2*1-2H3. The van der Waals surface area contributed by atoms with E-state index >= 15 is 0 Å². The normalized spacial score (nSPS) is 9.72. The minimum absolute atomic E-state index is 0.0431. The van der Waals surface area contributed by atoms with Gasteiger partial charge in [0.1, 0.15) is 33.3 Å². The number of benzene rings is 1. The van der Waals surface area contributed by atoms with Gasteiger partial charge in [0.15, 0.2) is 11.6 Å². The van der Waals surface area contributed by atoms with Gasteiger partial charge >= 0.3 is 0 Å². The van der Waals surface area contributed by atoms with Crippen LogP contribution in [0.4, 0.5) is 8.78 Å². The third kappa shape index (κ3) is 6.05. The van der Waals surface area contributed by atoms with Crippen LogP contribution in [0, 0.1) is 11.6 Å². The summed E-state index contributed by atoms with van der Waals surface area (Å²) in [5.74, 6) is -3.62. The van der Waals surface area contributed by atoms with Crippen LogP contribution in [0.2, 0.25) is 0 Å². The number of carbonyl (C=O) groups is 1. The number of hydrogen-bond acceptors (Lipinski definition) is 5. The second-order valence-electron chi connectivity index (χ2n) is 5.16. The van der Waals surface area contributed by atoms with Gasteiger partial charge in [0.2, 0.25) is 0 Å². The predicted molar refractivity (Wildman–Crippen MR) is 113 cm³/mol. The fourth-order valence-electron chi connectivity index (χ4n) is 2.26. The molecular weight excluding hydrogens is 396 g/mol. The van der Waals surface area contributed by atoms with Gasteiger partial charge in [-0.05, 0) is 30.2 Å². The molecule has 2 N–H and O–H groups in total. The minimum Gasteiger partial charge on any atom is -0.483 e. The van der Waals surface area contributed by atoms with E-state index in [0.717, 1.165) is 22.5 Å². The molecule has 29 heavy (non-hydrogen) atoms. The Morgan fingerprint density at radius 3 is 2.59 bits per heavy atom. The van der Waals surface area contributed by atoms with Gasteiger partial charge in [-0.3, -0.25) is 4.79 Å². The van der Waals surface area contributed by atoms with Crippen LogP contribution >= 0.6 is 11.3 Å². The quantitative estimate of drug-likeness (QED) is 0.539. The average Bonchev–Trinajstić information content (AvgIpc) is 3.13. The summed E-state index contributed by atoms with van der Waals surface area (Å²) in [4.78, 5) is 20.6. The number of nitrogens with two attached hydrogens (primary N) is 1. The number of hydrogen-bond donors (Lipinski definition) is 1. The van der Waals surface area contributed by atoms with Crippen LogP contribution in [0.25, 0.3) is 10.3 Å². The molecule has 2 heterocycles. The second kappa shape index (κ2) is 11.9. The van der Waals surface area contributed by atoms with Crippen molar-refractivity contribution in [1.82, 2.24) is 9.97 Å². The molecule has 0 aliphatic heterocycles. The first-order valence-electron chi connectivity index (χ1n) is 9.25. The number of amides is 1. The van der Waals surface area contributed by atoms with Gasteiger partial charge in [0.25, 0.3) is 5.91 Å². The average molecular weight is 422 g/mol. The fourth-order valence-corrected chi connectivity index (χ4v) is 3.06. The predicted octanol–water partition coefficient (Wildman–Crippen LogP) is 5.43. The van der Waals surface area contributed by atoms with Gasteiger partial charge in [0, 0.05) is 6.20 Å². The maximum absolute atomic E-state index is 14.1. The molecule has 2 aromatic heterocycles. The second-order valence-corrected chi connectivity index (χ2v) is 6.22. The van der Waals surface area contributed by atoms with Crippen LogP contribution in [0.3, 0.4) is 0 Å². The Morgan fingerprint density at radius 1 is 1.28 bits per heavy atom. The molecule has 0 atom stereocenters. The fraction of sp³-hybridized carbons (Fsp3) is 0.286. The summed E-state index contributed by atoms with van der Waals surface area (Å²) in [5, 5.41) is 0.572. The molecule has 1 aromatic carbocycles. The summed E-state index contributed by atoms with van der Waals surface area (Å²) in [6.07, 6.45) is 4.20. The van der Waals surface area contributed by atoms with Gasteiger partial charge in [-0.1, -0.05) is 45.1 Å². The molecule has 0 bridgehead atoms. The molecule has 0 saturated carbocycles. The van der Waals surface area contributed by atoms with E-state index in [1.807, 2.05) is 33.8 Å². The molecule has 0 aliphatic rings. The van der Waals surface area contributed by atoms with Gasteiger partial charge in [0.05, 0.1) is 0 Å². The van der Waals surface area contributed by atoms with Gasteiger partial charge in [-0.25, -0.2) is 18.7 Å². The third-order valence-electron chi connectivity index (χ3n) is 3.38. The molecule has 8 heteroatoms. The van der Waals surface area contributed by atoms with Crippen molar-refractivity contribution >= 4 is 27.6 Å². The third-order valence-corrected chi connectivity index (χ3v) is 4.33. The van der Waals surface area contributed by atoms with Crippen molar-refractivity contribution in [3.05, 3.63) is 64.8 Å². The van der Waals surface area contributed by atoms with Crippen LogP contribution < -0.4 is 10.5 Å². The monoisotopic (exact) mass is 421 g/mol. The van der Waals surface area contributed by atoms with Crippen LogP contribution in [-0.4, -0.2) is 15.9 Å². The van der Waals surface area contributed by atoms with Gasteiger partial charge < -0.3 is 10.5 Å². The summed E-state index contributed by atoms with van der Waals surface area (Å²) in [6.45, 7) is 11.6. The molecule has 0 radical (unpaired) electrons. The highest BCUT2D eigenvalue weighted by Gasteiger charge is 2.19. The molecule has 0 aliphatic carbocycles. The van der Waals surface area contributed by atoms with Gasteiger partial charge in [-0.2, -0.15) is 0 Å². The number of halogens is 2. The number of ether oxygens (including phenoxy) is 1. The molecule has 0 unspecified atom stereocenters. The first-order chi connectivity index (χ1) is 14.0. The minimum atomic E-state index is -1.20. The van der Waals surface area contributed by atoms with Crippen LogP contribution in [0.5, 0.6) is 5.75 Å². The summed E-state index contributed by atoms with van der Waals surface area (Å²) < 4.78 is 32.9. The lowest BCUT2D eigenvalue weighted by Gasteiger charge is -2.08.